The van der Waals surface area contributed by atoms with Crippen molar-refractivity contribution >= 4 is 28.2 Å². The number of hydrogen-bond donors (Lipinski definition) is 1. The van der Waals surface area contributed by atoms with E-state index in [0.29, 0.717) is 24.1 Å². The van der Waals surface area contributed by atoms with E-state index >= 15 is 0 Å². The number of rotatable bonds is 5. The molecule has 4 aromatic rings. The lowest BCUT2D eigenvalue weighted by Gasteiger charge is -2.05. The van der Waals surface area contributed by atoms with Crippen LogP contribution in [0, 0.1) is 0 Å². The van der Waals surface area contributed by atoms with Gasteiger partial charge in [0.2, 0.25) is 0 Å². The highest BCUT2D eigenvalue weighted by Crippen LogP contribution is 2.19. The number of fused-ring (bicyclic) bond motifs is 1. The van der Waals surface area contributed by atoms with Crippen LogP contribution in [0.25, 0.3) is 22.2 Å². The minimum absolute atomic E-state index is 0.00290. The van der Waals surface area contributed by atoms with E-state index in [-0.39, 0.29) is 5.56 Å². The third-order valence-electron chi connectivity index (χ3n) is 3.97. The van der Waals surface area contributed by atoms with Gasteiger partial charge in [0.05, 0.1) is 12.2 Å². The standard InChI is InChI=1S/C19H15N3O3S/c23-18(15-11-13-3-1-2-4-17(13)25-19(15)24)20-7-9-22-8-5-16(21-22)14-6-10-26-12-14/h1-6,8,10-12H,7,9H2,(H,20,23). The fraction of sp³-hybridized carbons (Fsp3) is 0.105. The summed E-state index contributed by atoms with van der Waals surface area (Å²) in [5.41, 5.74) is 1.80. The summed E-state index contributed by atoms with van der Waals surface area (Å²) in [7, 11) is 0. The number of hydrogen-bond acceptors (Lipinski definition) is 5. The number of carbonyl (C=O) groups excluding carboxylic acids is 1. The van der Waals surface area contributed by atoms with Crippen LogP contribution in [-0.4, -0.2) is 22.2 Å². The third kappa shape index (κ3) is 3.29. The molecule has 0 radical (unpaired) electrons. The van der Waals surface area contributed by atoms with E-state index in [4.69, 9.17) is 4.42 Å². The largest absolute Gasteiger partial charge is 0.422 e. The average Bonchev–Trinajstić information content (AvgIpc) is 3.32. The average molecular weight is 365 g/mol. The molecule has 0 aliphatic rings. The highest BCUT2D eigenvalue weighted by Gasteiger charge is 2.13. The van der Waals surface area contributed by atoms with Crippen molar-refractivity contribution in [1.29, 1.82) is 0 Å². The van der Waals surface area contributed by atoms with E-state index in [1.807, 2.05) is 35.2 Å². The van der Waals surface area contributed by atoms with Crippen molar-refractivity contribution in [2.75, 3.05) is 6.54 Å². The highest BCUT2D eigenvalue weighted by molar-refractivity contribution is 7.08. The molecule has 4 rings (SSSR count). The molecule has 3 heterocycles. The highest BCUT2D eigenvalue weighted by atomic mass is 32.1. The van der Waals surface area contributed by atoms with E-state index in [9.17, 15) is 9.59 Å². The van der Waals surface area contributed by atoms with Crippen LogP contribution in [0.5, 0.6) is 0 Å². The van der Waals surface area contributed by atoms with Gasteiger partial charge in [-0.2, -0.15) is 16.4 Å². The summed E-state index contributed by atoms with van der Waals surface area (Å²) in [5, 5.41) is 12.0. The lowest BCUT2D eigenvalue weighted by atomic mass is 10.2. The second kappa shape index (κ2) is 6.97. The van der Waals surface area contributed by atoms with E-state index in [0.717, 1.165) is 11.3 Å². The van der Waals surface area contributed by atoms with Crippen molar-refractivity contribution in [1.82, 2.24) is 15.1 Å². The van der Waals surface area contributed by atoms with Crippen LogP contribution in [0.3, 0.4) is 0 Å². The number of nitrogens with zero attached hydrogens (tertiary/aromatic N) is 2. The molecule has 0 unspecified atom stereocenters. The van der Waals surface area contributed by atoms with Crippen LogP contribution in [0.15, 0.2) is 68.6 Å². The van der Waals surface area contributed by atoms with Gasteiger partial charge in [-0.3, -0.25) is 9.48 Å². The van der Waals surface area contributed by atoms with E-state index in [1.165, 1.54) is 0 Å². The van der Waals surface area contributed by atoms with Gasteiger partial charge in [0.25, 0.3) is 5.91 Å². The summed E-state index contributed by atoms with van der Waals surface area (Å²) >= 11 is 1.62. The lowest BCUT2D eigenvalue weighted by Crippen LogP contribution is -2.31. The zero-order chi connectivity index (χ0) is 17.9. The summed E-state index contributed by atoms with van der Waals surface area (Å²) < 4.78 is 6.95. The van der Waals surface area contributed by atoms with Crippen LogP contribution in [0.4, 0.5) is 0 Å². The summed E-state index contributed by atoms with van der Waals surface area (Å²) in [4.78, 5) is 24.3. The zero-order valence-corrected chi connectivity index (χ0v) is 14.5. The Bertz CT molecular complexity index is 1110. The fourth-order valence-electron chi connectivity index (χ4n) is 2.65. The summed E-state index contributed by atoms with van der Waals surface area (Å²) in [6.07, 6.45) is 1.86. The molecule has 0 spiro atoms. The van der Waals surface area contributed by atoms with Gasteiger partial charge in [0, 0.05) is 29.1 Å². The van der Waals surface area contributed by atoms with Crippen molar-refractivity contribution in [3.63, 3.8) is 0 Å². The zero-order valence-electron chi connectivity index (χ0n) is 13.7. The molecule has 1 amide bonds. The third-order valence-corrected chi connectivity index (χ3v) is 4.65. The number of benzene rings is 1. The Balaban J connectivity index is 1.41. The smallest absolute Gasteiger partial charge is 0.349 e. The molecule has 0 fully saturated rings. The number of amides is 1. The fourth-order valence-corrected chi connectivity index (χ4v) is 3.30. The normalized spacial score (nSPS) is 10.9. The van der Waals surface area contributed by atoms with Gasteiger partial charge < -0.3 is 9.73 Å². The molecule has 0 aliphatic carbocycles. The maximum Gasteiger partial charge on any atom is 0.349 e. The van der Waals surface area contributed by atoms with Crippen molar-refractivity contribution in [3.05, 3.63) is 75.4 Å². The van der Waals surface area contributed by atoms with Gasteiger partial charge in [-0.15, -0.1) is 0 Å². The Labute approximate surface area is 152 Å². The number of carbonyl (C=O) groups is 1. The van der Waals surface area contributed by atoms with Gasteiger partial charge >= 0.3 is 5.63 Å². The first-order chi connectivity index (χ1) is 12.7. The van der Waals surface area contributed by atoms with Crippen molar-refractivity contribution in [2.24, 2.45) is 0 Å². The first-order valence-electron chi connectivity index (χ1n) is 8.08. The molecule has 6 nitrogen and oxygen atoms in total. The van der Waals surface area contributed by atoms with Crippen LogP contribution in [-0.2, 0) is 6.54 Å². The summed E-state index contributed by atoms with van der Waals surface area (Å²) in [6, 6.07) is 12.6. The maximum atomic E-state index is 12.3. The summed E-state index contributed by atoms with van der Waals surface area (Å²) in [6.45, 7) is 0.866. The van der Waals surface area contributed by atoms with E-state index in [1.54, 1.807) is 40.3 Å². The van der Waals surface area contributed by atoms with Crippen LogP contribution in [0.1, 0.15) is 10.4 Å². The molecule has 26 heavy (non-hydrogen) atoms. The molecule has 1 aromatic carbocycles. The monoisotopic (exact) mass is 365 g/mol. The van der Waals surface area contributed by atoms with Crippen LogP contribution >= 0.6 is 11.3 Å². The summed E-state index contributed by atoms with van der Waals surface area (Å²) in [5.74, 6) is -0.449. The van der Waals surface area contributed by atoms with Gasteiger partial charge in [-0.05, 0) is 29.6 Å². The molecule has 130 valence electrons. The molecule has 0 aliphatic heterocycles. The molecule has 1 N–H and O–H groups in total. The minimum atomic E-state index is -0.639. The first kappa shape index (κ1) is 16.3. The predicted molar refractivity (Wildman–Crippen MR) is 100 cm³/mol. The Hall–Kier alpha value is -3.19. The van der Waals surface area contributed by atoms with Gasteiger partial charge in [-0.1, -0.05) is 18.2 Å². The molecular weight excluding hydrogens is 350 g/mol. The first-order valence-corrected chi connectivity index (χ1v) is 9.02. The van der Waals surface area contributed by atoms with Crippen molar-refractivity contribution in [2.45, 2.75) is 6.54 Å². The number of nitrogens with one attached hydrogen (secondary N) is 1. The lowest BCUT2D eigenvalue weighted by molar-refractivity contribution is 0.0948. The van der Waals surface area contributed by atoms with E-state index in [2.05, 4.69) is 10.4 Å². The van der Waals surface area contributed by atoms with Crippen LogP contribution < -0.4 is 10.9 Å². The molecular formula is C19H15N3O3S. The van der Waals surface area contributed by atoms with Crippen molar-refractivity contribution < 1.29 is 9.21 Å². The second-order valence-corrected chi connectivity index (χ2v) is 6.50. The molecule has 0 bridgehead atoms. The maximum absolute atomic E-state index is 12.3. The SMILES string of the molecule is O=C(NCCn1ccc(-c2ccsc2)n1)c1cc2ccccc2oc1=O. The topological polar surface area (TPSA) is 77.1 Å². The minimum Gasteiger partial charge on any atom is -0.422 e. The number of thiophene rings is 1. The molecule has 3 aromatic heterocycles. The molecule has 0 saturated carbocycles. The second-order valence-electron chi connectivity index (χ2n) is 5.72. The van der Waals surface area contributed by atoms with Gasteiger partial charge in [0.1, 0.15) is 11.1 Å². The predicted octanol–water partition coefficient (Wildman–Crippen LogP) is 3.15. The Morgan fingerprint density at radius 2 is 2.12 bits per heavy atom. The molecule has 7 heteroatoms. The van der Waals surface area contributed by atoms with Crippen LogP contribution in [0.2, 0.25) is 0 Å². The van der Waals surface area contributed by atoms with Gasteiger partial charge in [0.15, 0.2) is 0 Å². The van der Waals surface area contributed by atoms with E-state index < -0.39 is 11.5 Å². The Morgan fingerprint density at radius 3 is 2.96 bits per heavy atom. The number of para-hydroxylation sites is 1. The molecule has 0 atom stereocenters. The Kier molecular flexibility index (Phi) is 4.37. The molecule has 0 saturated heterocycles. The van der Waals surface area contributed by atoms with Gasteiger partial charge in [-0.25, -0.2) is 4.79 Å². The quantitative estimate of drug-likeness (QED) is 0.551. The Morgan fingerprint density at radius 1 is 1.23 bits per heavy atom. The number of aromatic nitrogens is 2. The van der Waals surface area contributed by atoms with Crippen molar-refractivity contribution in [3.8, 4) is 11.3 Å².